The standard InChI is InChI=1S/C13H19NO3S/c1-3-17-11-4-6-12(7-5-11)18-9-13(16)14-10(2)8-15/h4-7,10,15H,3,8-9H2,1-2H3,(H,14,16)/t10-/m1/s1. The maximum Gasteiger partial charge on any atom is 0.230 e. The van der Waals surface area contributed by atoms with Gasteiger partial charge in [0, 0.05) is 10.9 Å². The van der Waals surface area contributed by atoms with E-state index in [1.807, 2.05) is 31.2 Å². The normalized spacial score (nSPS) is 11.9. The third-order valence-electron chi connectivity index (χ3n) is 2.19. The van der Waals surface area contributed by atoms with Crippen molar-refractivity contribution in [3.63, 3.8) is 0 Å². The zero-order valence-corrected chi connectivity index (χ0v) is 11.5. The Hall–Kier alpha value is -1.20. The van der Waals surface area contributed by atoms with Crippen LogP contribution in [-0.2, 0) is 4.79 Å². The summed E-state index contributed by atoms with van der Waals surface area (Å²) in [5.41, 5.74) is 0. The van der Waals surface area contributed by atoms with Crippen LogP contribution in [0.2, 0.25) is 0 Å². The fraction of sp³-hybridized carbons (Fsp3) is 0.462. The molecule has 4 nitrogen and oxygen atoms in total. The first-order valence-electron chi connectivity index (χ1n) is 5.91. The van der Waals surface area contributed by atoms with Crippen LogP contribution in [0.1, 0.15) is 13.8 Å². The molecule has 0 radical (unpaired) electrons. The maximum absolute atomic E-state index is 11.5. The van der Waals surface area contributed by atoms with Gasteiger partial charge in [0.05, 0.1) is 19.0 Å². The molecule has 0 spiro atoms. The van der Waals surface area contributed by atoms with Gasteiger partial charge in [-0.15, -0.1) is 11.8 Å². The summed E-state index contributed by atoms with van der Waals surface area (Å²) in [6, 6.07) is 7.44. The Labute approximate surface area is 112 Å². The number of aliphatic hydroxyl groups excluding tert-OH is 1. The van der Waals surface area contributed by atoms with Gasteiger partial charge in [-0.2, -0.15) is 0 Å². The summed E-state index contributed by atoms with van der Waals surface area (Å²) in [6.07, 6.45) is 0. The zero-order valence-electron chi connectivity index (χ0n) is 10.7. The van der Waals surface area contributed by atoms with Crippen LogP contribution in [0.3, 0.4) is 0 Å². The number of benzene rings is 1. The minimum absolute atomic E-state index is 0.0422. The van der Waals surface area contributed by atoms with Crippen molar-refractivity contribution in [2.45, 2.75) is 24.8 Å². The van der Waals surface area contributed by atoms with Crippen LogP contribution < -0.4 is 10.1 Å². The van der Waals surface area contributed by atoms with Crippen molar-refractivity contribution in [2.75, 3.05) is 19.0 Å². The van der Waals surface area contributed by atoms with Crippen molar-refractivity contribution in [3.05, 3.63) is 24.3 Å². The van der Waals surface area contributed by atoms with Crippen LogP contribution in [0, 0.1) is 0 Å². The van der Waals surface area contributed by atoms with Crippen LogP contribution in [0.4, 0.5) is 0 Å². The average molecular weight is 269 g/mol. The summed E-state index contributed by atoms with van der Waals surface area (Å²) in [7, 11) is 0. The number of hydrogen-bond donors (Lipinski definition) is 2. The molecule has 0 aliphatic rings. The number of carbonyl (C=O) groups is 1. The zero-order chi connectivity index (χ0) is 13.4. The molecule has 1 rings (SSSR count). The summed E-state index contributed by atoms with van der Waals surface area (Å²) < 4.78 is 5.34. The third kappa shape index (κ3) is 5.42. The van der Waals surface area contributed by atoms with Gasteiger partial charge in [-0.25, -0.2) is 0 Å². The highest BCUT2D eigenvalue weighted by molar-refractivity contribution is 8.00. The second-order valence-electron chi connectivity index (χ2n) is 3.84. The quantitative estimate of drug-likeness (QED) is 0.739. The Balaban J connectivity index is 2.36. The lowest BCUT2D eigenvalue weighted by atomic mass is 10.3. The van der Waals surface area contributed by atoms with Crippen LogP contribution in [-0.4, -0.2) is 36.0 Å². The molecule has 0 saturated carbocycles. The maximum atomic E-state index is 11.5. The molecule has 0 aromatic heterocycles. The molecular weight excluding hydrogens is 250 g/mol. The largest absolute Gasteiger partial charge is 0.494 e. The van der Waals surface area contributed by atoms with Gasteiger partial charge in [0.15, 0.2) is 0 Å². The number of ether oxygens (including phenoxy) is 1. The van der Waals surface area contributed by atoms with Gasteiger partial charge in [-0.3, -0.25) is 4.79 Å². The van der Waals surface area contributed by atoms with Gasteiger partial charge in [0.25, 0.3) is 0 Å². The highest BCUT2D eigenvalue weighted by Crippen LogP contribution is 2.21. The molecule has 18 heavy (non-hydrogen) atoms. The van der Waals surface area contributed by atoms with E-state index < -0.39 is 0 Å². The predicted octanol–water partition coefficient (Wildman–Crippen LogP) is 1.67. The Morgan fingerprint density at radius 3 is 2.67 bits per heavy atom. The molecule has 1 amide bonds. The number of thioether (sulfide) groups is 1. The van der Waals surface area contributed by atoms with Crippen molar-refractivity contribution >= 4 is 17.7 Å². The lowest BCUT2D eigenvalue weighted by molar-refractivity contribution is -0.119. The fourth-order valence-electron chi connectivity index (χ4n) is 1.31. The number of aliphatic hydroxyl groups is 1. The summed E-state index contributed by atoms with van der Waals surface area (Å²) in [5.74, 6) is 1.11. The lowest BCUT2D eigenvalue weighted by Crippen LogP contribution is -2.36. The monoisotopic (exact) mass is 269 g/mol. The molecule has 1 atom stereocenters. The first kappa shape index (κ1) is 14.9. The van der Waals surface area contributed by atoms with Gasteiger partial charge >= 0.3 is 0 Å². The van der Waals surface area contributed by atoms with Gasteiger partial charge < -0.3 is 15.2 Å². The topological polar surface area (TPSA) is 58.6 Å². The van der Waals surface area contributed by atoms with E-state index in [0.29, 0.717) is 12.4 Å². The Kier molecular flexibility index (Phi) is 6.60. The van der Waals surface area contributed by atoms with E-state index in [2.05, 4.69) is 5.32 Å². The number of nitrogens with one attached hydrogen (secondary N) is 1. The minimum atomic E-state index is -0.196. The summed E-state index contributed by atoms with van der Waals surface area (Å²) >= 11 is 1.46. The van der Waals surface area contributed by atoms with Gasteiger partial charge in [0.1, 0.15) is 5.75 Å². The number of carbonyl (C=O) groups excluding carboxylic acids is 1. The number of rotatable bonds is 7. The van der Waals surface area contributed by atoms with Crippen molar-refractivity contribution in [1.29, 1.82) is 0 Å². The summed E-state index contributed by atoms with van der Waals surface area (Å²) in [6.45, 7) is 4.31. The summed E-state index contributed by atoms with van der Waals surface area (Å²) in [4.78, 5) is 12.5. The van der Waals surface area contributed by atoms with E-state index in [1.165, 1.54) is 11.8 Å². The first-order chi connectivity index (χ1) is 8.65. The van der Waals surface area contributed by atoms with Crippen molar-refractivity contribution in [1.82, 2.24) is 5.32 Å². The van der Waals surface area contributed by atoms with Crippen LogP contribution in [0.5, 0.6) is 5.75 Å². The van der Waals surface area contributed by atoms with Crippen molar-refractivity contribution in [2.24, 2.45) is 0 Å². The van der Waals surface area contributed by atoms with Crippen LogP contribution in [0.25, 0.3) is 0 Å². The van der Waals surface area contributed by atoms with E-state index in [4.69, 9.17) is 9.84 Å². The molecule has 0 aliphatic heterocycles. The highest BCUT2D eigenvalue weighted by Gasteiger charge is 2.06. The second-order valence-corrected chi connectivity index (χ2v) is 4.89. The Morgan fingerprint density at radius 2 is 2.11 bits per heavy atom. The van der Waals surface area contributed by atoms with Gasteiger partial charge in [-0.05, 0) is 38.1 Å². The first-order valence-corrected chi connectivity index (χ1v) is 6.90. The van der Waals surface area contributed by atoms with E-state index in [9.17, 15) is 4.79 Å². The number of amides is 1. The number of hydrogen-bond acceptors (Lipinski definition) is 4. The second kappa shape index (κ2) is 8.00. The molecule has 1 aromatic carbocycles. The van der Waals surface area contributed by atoms with Gasteiger partial charge in [0.2, 0.25) is 5.91 Å². The molecule has 0 unspecified atom stereocenters. The van der Waals surface area contributed by atoms with E-state index in [1.54, 1.807) is 6.92 Å². The van der Waals surface area contributed by atoms with E-state index in [0.717, 1.165) is 10.6 Å². The molecule has 1 aromatic rings. The fourth-order valence-corrected chi connectivity index (χ4v) is 2.02. The lowest BCUT2D eigenvalue weighted by Gasteiger charge is -2.10. The van der Waals surface area contributed by atoms with Crippen LogP contribution >= 0.6 is 11.8 Å². The molecule has 0 fully saturated rings. The smallest absolute Gasteiger partial charge is 0.230 e. The average Bonchev–Trinajstić information content (AvgIpc) is 2.38. The molecule has 0 saturated heterocycles. The summed E-state index contributed by atoms with van der Waals surface area (Å²) in [5, 5.41) is 11.5. The Bertz CT molecular complexity index is 367. The minimum Gasteiger partial charge on any atom is -0.494 e. The SMILES string of the molecule is CCOc1ccc(SCC(=O)N[C@H](C)CO)cc1. The molecule has 100 valence electrons. The highest BCUT2D eigenvalue weighted by atomic mass is 32.2. The molecule has 5 heteroatoms. The molecule has 0 aliphatic carbocycles. The predicted molar refractivity (Wildman–Crippen MR) is 73.0 cm³/mol. The molecule has 0 bridgehead atoms. The molecule has 2 N–H and O–H groups in total. The van der Waals surface area contributed by atoms with Crippen molar-refractivity contribution in [3.8, 4) is 5.75 Å². The third-order valence-corrected chi connectivity index (χ3v) is 3.20. The molecular formula is C13H19NO3S. The molecule has 0 heterocycles. The van der Waals surface area contributed by atoms with E-state index >= 15 is 0 Å². The van der Waals surface area contributed by atoms with Crippen LogP contribution in [0.15, 0.2) is 29.2 Å². The van der Waals surface area contributed by atoms with Gasteiger partial charge in [-0.1, -0.05) is 0 Å². The Morgan fingerprint density at radius 1 is 1.44 bits per heavy atom. The van der Waals surface area contributed by atoms with Crippen molar-refractivity contribution < 1.29 is 14.6 Å². The van der Waals surface area contributed by atoms with E-state index in [-0.39, 0.29) is 18.6 Å².